The Bertz CT molecular complexity index is 546. The molecular weight excluding hydrogens is 292 g/mol. The molecule has 1 aromatic heterocycles. The second kappa shape index (κ2) is 6.44. The fraction of sp³-hybridized carbons (Fsp3) is 0.500. The average molecular weight is 308 g/mol. The molecule has 2 atom stereocenters. The predicted molar refractivity (Wildman–Crippen MR) is 77.4 cm³/mol. The Labute approximate surface area is 126 Å². The highest BCUT2D eigenvalue weighted by Gasteiger charge is 2.27. The normalized spacial score (nSPS) is 25.0. The molecule has 112 valence electrons. The number of aromatic nitrogens is 1. The van der Waals surface area contributed by atoms with Crippen molar-refractivity contribution < 1.29 is 19.1 Å². The van der Waals surface area contributed by atoms with Gasteiger partial charge in [-0.25, -0.2) is 4.98 Å². The average Bonchev–Trinajstić information content (AvgIpc) is 3.12. The van der Waals surface area contributed by atoms with Gasteiger partial charge in [-0.3, -0.25) is 9.59 Å². The molecule has 0 bridgehead atoms. The topological polar surface area (TPSA) is 77.5 Å². The summed E-state index contributed by atoms with van der Waals surface area (Å²) in [5, 5.41) is 2.77. The van der Waals surface area contributed by atoms with Crippen LogP contribution in [0.3, 0.4) is 0 Å². The van der Waals surface area contributed by atoms with Crippen LogP contribution in [0.5, 0.6) is 5.88 Å². The number of carbonyl (C=O) groups is 2. The number of hydrogen-bond acceptors (Lipinski definition) is 6. The van der Waals surface area contributed by atoms with E-state index in [9.17, 15) is 9.59 Å². The van der Waals surface area contributed by atoms with E-state index in [2.05, 4.69) is 10.3 Å². The molecule has 21 heavy (non-hydrogen) atoms. The van der Waals surface area contributed by atoms with Crippen LogP contribution < -0.4 is 10.1 Å². The molecule has 2 unspecified atom stereocenters. The van der Waals surface area contributed by atoms with Gasteiger partial charge < -0.3 is 14.8 Å². The van der Waals surface area contributed by atoms with Gasteiger partial charge in [-0.2, -0.15) is 0 Å². The van der Waals surface area contributed by atoms with E-state index in [4.69, 9.17) is 9.47 Å². The lowest BCUT2D eigenvalue weighted by atomic mass is 10.2. The van der Waals surface area contributed by atoms with Crippen molar-refractivity contribution in [3.63, 3.8) is 0 Å². The summed E-state index contributed by atoms with van der Waals surface area (Å²) in [5.41, 5.74) is 0.448. The maximum absolute atomic E-state index is 12.2. The first-order chi connectivity index (χ1) is 10.2. The molecule has 0 aliphatic carbocycles. The molecular formula is C14H16N2O4S. The minimum Gasteiger partial charge on any atom is -0.472 e. The SMILES string of the molecule is O=C(NC1CCSC1=O)c1ccnc(OC2CCOC2)c1. The van der Waals surface area contributed by atoms with Crippen molar-refractivity contribution in [3.8, 4) is 5.88 Å². The van der Waals surface area contributed by atoms with Crippen molar-refractivity contribution in [2.75, 3.05) is 19.0 Å². The van der Waals surface area contributed by atoms with Crippen LogP contribution in [0.15, 0.2) is 18.3 Å². The molecule has 2 fully saturated rings. The van der Waals surface area contributed by atoms with Gasteiger partial charge in [-0.1, -0.05) is 11.8 Å². The highest BCUT2D eigenvalue weighted by atomic mass is 32.2. The monoisotopic (exact) mass is 308 g/mol. The van der Waals surface area contributed by atoms with Crippen LogP contribution in [0.4, 0.5) is 0 Å². The van der Waals surface area contributed by atoms with Gasteiger partial charge in [0.25, 0.3) is 5.91 Å². The van der Waals surface area contributed by atoms with Crippen molar-refractivity contribution in [2.24, 2.45) is 0 Å². The molecule has 1 aromatic rings. The summed E-state index contributed by atoms with van der Waals surface area (Å²) in [6.45, 7) is 1.23. The zero-order valence-corrected chi connectivity index (χ0v) is 12.2. The predicted octanol–water partition coefficient (Wildman–Crippen LogP) is 1.01. The number of rotatable bonds is 4. The summed E-state index contributed by atoms with van der Waals surface area (Å²) < 4.78 is 10.9. The fourth-order valence-corrected chi connectivity index (χ4v) is 3.19. The zero-order chi connectivity index (χ0) is 14.7. The summed E-state index contributed by atoms with van der Waals surface area (Å²) in [6, 6.07) is 2.82. The number of nitrogens with zero attached hydrogens (tertiary/aromatic N) is 1. The van der Waals surface area contributed by atoms with E-state index in [1.807, 2.05) is 0 Å². The van der Waals surface area contributed by atoms with E-state index in [0.717, 1.165) is 12.2 Å². The van der Waals surface area contributed by atoms with Crippen molar-refractivity contribution in [1.29, 1.82) is 0 Å². The third-order valence-electron chi connectivity index (χ3n) is 3.41. The molecule has 0 radical (unpaired) electrons. The Kier molecular flexibility index (Phi) is 4.40. The molecule has 3 rings (SSSR count). The van der Waals surface area contributed by atoms with E-state index in [-0.39, 0.29) is 23.2 Å². The minimum atomic E-state index is -0.386. The Morgan fingerprint density at radius 3 is 3.10 bits per heavy atom. The first-order valence-electron chi connectivity index (χ1n) is 6.90. The van der Waals surface area contributed by atoms with Crippen LogP contribution in [-0.2, 0) is 9.53 Å². The van der Waals surface area contributed by atoms with Crippen molar-refractivity contribution in [2.45, 2.75) is 25.0 Å². The minimum absolute atomic E-state index is 0.0105. The second-order valence-corrected chi connectivity index (χ2v) is 6.07. The van der Waals surface area contributed by atoms with Gasteiger partial charge in [0.2, 0.25) is 11.0 Å². The highest BCUT2D eigenvalue weighted by molar-refractivity contribution is 8.14. The third-order valence-corrected chi connectivity index (χ3v) is 4.42. The van der Waals surface area contributed by atoms with Crippen molar-refractivity contribution in [3.05, 3.63) is 23.9 Å². The lowest BCUT2D eigenvalue weighted by molar-refractivity contribution is -0.112. The van der Waals surface area contributed by atoms with Crippen LogP contribution in [-0.4, -0.2) is 47.1 Å². The van der Waals surface area contributed by atoms with Crippen LogP contribution in [0.1, 0.15) is 23.2 Å². The Balaban J connectivity index is 1.64. The Morgan fingerprint density at radius 2 is 2.38 bits per heavy atom. The number of carbonyl (C=O) groups excluding carboxylic acids is 2. The molecule has 0 aromatic carbocycles. The van der Waals surface area contributed by atoms with Crippen LogP contribution in [0.2, 0.25) is 0 Å². The van der Waals surface area contributed by atoms with Crippen LogP contribution in [0.25, 0.3) is 0 Å². The smallest absolute Gasteiger partial charge is 0.252 e. The number of ether oxygens (including phenoxy) is 2. The number of thioether (sulfide) groups is 1. The lowest BCUT2D eigenvalue weighted by Gasteiger charge is -2.13. The van der Waals surface area contributed by atoms with Crippen LogP contribution in [0, 0.1) is 0 Å². The molecule has 6 nitrogen and oxygen atoms in total. The van der Waals surface area contributed by atoms with Crippen molar-refractivity contribution in [1.82, 2.24) is 10.3 Å². The largest absolute Gasteiger partial charge is 0.472 e. The molecule has 1 amide bonds. The molecule has 2 aliphatic heterocycles. The molecule has 0 saturated carbocycles. The van der Waals surface area contributed by atoms with Gasteiger partial charge in [0, 0.05) is 30.0 Å². The first kappa shape index (κ1) is 14.3. The zero-order valence-electron chi connectivity index (χ0n) is 11.4. The van der Waals surface area contributed by atoms with E-state index in [1.165, 1.54) is 18.0 Å². The highest BCUT2D eigenvalue weighted by Crippen LogP contribution is 2.20. The van der Waals surface area contributed by atoms with Gasteiger partial charge in [0.15, 0.2) is 0 Å². The fourth-order valence-electron chi connectivity index (χ4n) is 2.26. The Hall–Kier alpha value is -1.60. The van der Waals surface area contributed by atoms with Crippen LogP contribution >= 0.6 is 11.8 Å². The summed E-state index contributed by atoms with van der Waals surface area (Å²) >= 11 is 1.26. The molecule has 7 heteroatoms. The van der Waals surface area contributed by atoms with Crippen molar-refractivity contribution >= 4 is 22.8 Å². The van der Waals surface area contributed by atoms with Gasteiger partial charge in [-0.05, 0) is 12.5 Å². The maximum Gasteiger partial charge on any atom is 0.252 e. The summed E-state index contributed by atoms with van der Waals surface area (Å²) in [7, 11) is 0. The summed E-state index contributed by atoms with van der Waals surface area (Å²) in [6.07, 6.45) is 3.03. The maximum atomic E-state index is 12.2. The standard InChI is InChI=1S/C14H16N2O4S/c17-13(16-11-3-6-21-14(11)18)9-1-4-15-12(7-9)20-10-2-5-19-8-10/h1,4,7,10-11H,2-3,5-6,8H2,(H,16,17). The summed E-state index contributed by atoms with van der Waals surface area (Å²) in [5.74, 6) is 0.895. The molecule has 3 heterocycles. The quantitative estimate of drug-likeness (QED) is 0.894. The number of hydrogen-bond donors (Lipinski definition) is 1. The Morgan fingerprint density at radius 1 is 1.48 bits per heavy atom. The van der Waals surface area contributed by atoms with E-state index in [0.29, 0.717) is 31.1 Å². The molecule has 0 spiro atoms. The van der Waals surface area contributed by atoms with Gasteiger partial charge in [0.1, 0.15) is 6.10 Å². The van der Waals surface area contributed by atoms with E-state index in [1.54, 1.807) is 12.1 Å². The number of nitrogens with one attached hydrogen (secondary N) is 1. The molecule has 2 aliphatic rings. The molecule has 1 N–H and O–H groups in total. The number of pyridine rings is 1. The third kappa shape index (κ3) is 3.54. The van der Waals surface area contributed by atoms with Gasteiger partial charge >= 0.3 is 0 Å². The number of amides is 1. The second-order valence-electron chi connectivity index (χ2n) is 4.97. The summed E-state index contributed by atoms with van der Waals surface area (Å²) in [4.78, 5) is 27.8. The van der Waals surface area contributed by atoms with Gasteiger partial charge in [-0.15, -0.1) is 0 Å². The first-order valence-corrected chi connectivity index (χ1v) is 7.89. The molecule has 2 saturated heterocycles. The van der Waals surface area contributed by atoms with E-state index < -0.39 is 0 Å². The lowest BCUT2D eigenvalue weighted by Crippen LogP contribution is -2.37. The van der Waals surface area contributed by atoms with Gasteiger partial charge in [0.05, 0.1) is 19.3 Å². The van der Waals surface area contributed by atoms with E-state index >= 15 is 0 Å².